The van der Waals surface area contributed by atoms with Crippen LogP contribution in [0.15, 0.2) is 47.3 Å². The number of carbonyl (C=O) groups is 1. The molecule has 0 fully saturated rings. The van der Waals surface area contributed by atoms with Crippen LogP contribution in [0.25, 0.3) is 12.2 Å². The van der Waals surface area contributed by atoms with Crippen molar-refractivity contribution in [2.75, 3.05) is 6.61 Å². The average Bonchev–Trinajstić information content (AvgIpc) is 2.54. The van der Waals surface area contributed by atoms with Crippen LogP contribution < -0.4 is 5.56 Å². The van der Waals surface area contributed by atoms with Gasteiger partial charge in [0.05, 0.1) is 12.3 Å². The van der Waals surface area contributed by atoms with Gasteiger partial charge in [0.25, 0.3) is 5.56 Å². The Morgan fingerprint density at radius 1 is 1.23 bits per heavy atom. The molecule has 5 heteroatoms. The zero-order valence-corrected chi connectivity index (χ0v) is 12.6. The first-order valence-corrected chi connectivity index (χ1v) is 7.11. The van der Waals surface area contributed by atoms with Gasteiger partial charge in [-0.1, -0.05) is 36.4 Å². The minimum Gasteiger partial charge on any atom is -0.464 e. The van der Waals surface area contributed by atoms with Crippen LogP contribution in [0.5, 0.6) is 0 Å². The SMILES string of the molecule is CCOC(=O)[C@H](C)n1nc(/C=C/c2ccccc2)ccc1=O. The van der Waals surface area contributed by atoms with Crippen molar-refractivity contribution in [3.8, 4) is 0 Å². The molecule has 114 valence electrons. The summed E-state index contributed by atoms with van der Waals surface area (Å²) in [6, 6.07) is 12.0. The lowest BCUT2D eigenvalue weighted by molar-refractivity contribution is -0.147. The number of rotatable bonds is 5. The van der Waals surface area contributed by atoms with Crippen molar-refractivity contribution in [2.45, 2.75) is 19.9 Å². The number of hydrogen-bond donors (Lipinski definition) is 0. The summed E-state index contributed by atoms with van der Waals surface area (Å²) < 4.78 is 6.07. The summed E-state index contributed by atoms with van der Waals surface area (Å²) in [6.45, 7) is 3.59. The summed E-state index contributed by atoms with van der Waals surface area (Å²) in [6.07, 6.45) is 3.69. The van der Waals surface area contributed by atoms with Crippen molar-refractivity contribution in [3.05, 3.63) is 64.1 Å². The number of aromatic nitrogens is 2. The molecule has 1 aromatic heterocycles. The van der Waals surface area contributed by atoms with Gasteiger partial charge < -0.3 is 4.74 Å². The molecule has 0 radical (unpaired) electrons. The number of hydrogen-bond acceptors (Lipinski definition) is 4. The number of esters is 1. The van der Waals surface area contributed by atoms with E-state index in [9.17, 15) is 9.59 Å². The van der Waals surface area contributed by atoms with E-state index in [0.29, 0.717) is 5.69 Å². The fourth-order valence-electron chi connectivity index (χ4n) is 1.91. The van der Waals surface area contributed by atoms with Crippen molar-refractivity contribution in [1.82, 2.24) is 9.78 Å². The highest BCUT2D eigenvalue weighted by atomic mass is 16.5. The summed E-state index contributed by atoms with van der Waals surface area (Å²) in [5.74, 6) is -0.471. The minimum absolute atomic E-state index is 0.269. The van der Waals surface area contributed by atoms with Crippen molar-refractivity contribution in [2.24, 2.45) is 0 Å². The van der Waals surface area contributed by atoms with E-state index in [1.165, 1.54) is 6.07 Å². The number of ether oxygens (including phenoxy) is 1. The summed E-state index contributed by atoms with van der Waals surface area (Å²) in [7, 11) is 0. The lowest BCUT2D eigenvalue weighted by Crippen LogP contribution is -2.31. The van der Waals surface area contributed by atoms with E-state index in [0.717, 1.165) is 10.2 Å². The van der Waals surface area contributed by atoms with Gasteiger partial charge in [0, 0.05) is 6.07 Å². The lowest BCUT2D eigenvalue weighted by atomic mass is 10.2. The van der Waals surface area contributed by atoms with Gasteiger partial charge in [-0.3, -0.25) is 4.79 Å². The Labute approximate surface area is 128 Å². The highest BCUT2D eigenvalue weighted by Crippen LogP contribution is 2.07. The van der Waals surface area contributed by atoms with Crippen molar-refractivity contribution < 1.29 is 9.53 Å². The topological polar surface area (TPSA) is 61.2 Å². The molecule has 0 aliphatic rings. The van der Waals surface area contributed by atoms with Gasteiger partial charge in [0.2, 0.25) is 0 Å². The van der Waals surface area contributed by atoms with Crippen LogP contribution in [0.3, 0.4) is 0 Å². The smallest absolute Gasteiger partial charge is 0.330 e. The van der Waals surface area contributed by atoms with E-state index in [1.54, 1.807) is 26.0 Å². The summed E-state index contributed by atoms with van der Waals surface area (Å²) in [5, 5.41) is 4.21. The first kappa shape index (κ1) is 15.7. The minimum atomic E-state index is -0.752. The fraction of sp³-hybridized carbons (Fsp3) is 0.235. The highest BCUT2D eigenvalue weighted by Gasteiger charge is 2.18. The molecular formula is C17H18N2O3. The normalized spacial score (nSPS) is 12.3. The number of nitrogens with zero attached hydrogens (tertiary/aromatic N) is 2. The zero-order valence-electron chi connectivity index (χ0n) is 12.6. The molecule has 0 aliphatic carbocycles. The van der Waals surface area contributed by atoms with Crippen LogP contribution in [0.4, 0.5) is 0 Å². The number of benzene rings is 1. The predicted octanol–water partition coefficient (Wildman–Crippen LogP) is 2.54. The van der Waals surface area contributed by atoms with E-state index in [4.69, 9.17) is 4.74 Å². The molecule has 1 aromatic carbocycles. The Hall–Kier alpha value is -2.69. The highest BCUT2D eigenvalue weighted by molar-refractivity contribution is 5.73. The molecule has 0 bridgehead atoms. The molecule has 22 heavy (non-hydrogen) atoms. The molecule has 0 saturated carbocycles. The Morgan fingerprint density at radius 3 is 2.64 bits per heavy atom. The van der Waals surface area contributed by atoms with Crippen LogP contribution in [0.1, 0.15) is 31.1 Å². The van der Waals surface area contributed by atoms with Crippen molar-refractivity contribution >= 4 is 18.1 Å². The van der Waals surface area contributed by atoms with Crippen LogP contribution in [0, 0.1) is 0 Å². The maximum absolute atomic E-state index is 11.9. The molecule has 2 rings (SSSR count). The van der Waals surface area contributed by atoms with Crippen LogP contribution in [-0.2, 0) is 9.53 Å². The molecule has 2 aromatic rings. The van der Waals surface area contributed by atoms with Crippen molar-refractivity contribution in [3.63, 3.8) is 0 Å². The van der Waals surface area contributed by atoms with E-state index in [1.807, 2.05) is 36.4 Å². The quantitative estimate of drug-likeness (QED) is 0.796. The molecule has 0 spiro atoms. The van der Waals surface area contributed by atoms with E-state index in [2.05, 4.69) is 5.10 Å². The Balaban J connectivity index is 2.25. The molecule has 1 atom stereocenters. The van der Waals surface area contributed by atoms with Gasteiger partial charge >= 0.3 is 5.97 Å². The Morgan fingerprint density at radius 2 is 1.95 bits per heavy atom. The second-order valence-electron chi connectivity index (χ2n) is 4.71. The van der Waals surface area contributed by atoms with Gasteiger partial charge in [0.15, 0.2) is 6.04 Å². The second kappa shape index (κ2) is 7.36. The predicted molar refractivity (Wildman–Crippen MR) is 85.2 cm³/mol. The molecule has 0 saturated heterocycles. The van der Waals surface area contributed by atoms with Crippen LogP contribution >= 0.6 is 0 Å². The average molecular weight is 298 g/mol. The van der Waals surface area contributed by atoms with Crippen molar-refractivity contribution in [1.29, 1.82) is 0 Å². The van der Waals surface area contributed by atoms with Crippen LogP contribution in [0.2, 0.25) is 0 Å². The van der Waals surface area contributed by atoms with Gasteiger partial charge in [0.1, 0.15) is 0 Å². The first-order valence-electron chi connectivity index (χ1n) is 7.11. The standard InChI is InChI=1S/C17H18N2O3/c1-3-22-17(21)13(2)19-16(20)12-11-15(18-19)10-9-14-7-5-4-6-8-14/h4-13H,3H2,1-2H3/b10-9+/t13-/m0/s1. The molecule has 0 amide bonds. The molecule has 0 aliphatic heterocycles. The van der Waals surface area contributed by atoms with Gasteiger partial charge in [-0.15, -0.1) is 0 Å². The van der Waals surface area contributed by atoms with Gasteiger partial charge in [-0.2, -0.15) is 5.10 Å². The maximum atomic E-state index is 11.9. The van der Waals surface area contributed by atoms with Crippen LogP contribution in [-0.4, -0.2) is 22.4 Å². The molecular weight excluding hydrogens is 280 g/mol. The maximum Gasteiger partial charge on any atom is 0.330 e. The third-order valence-electron chi connectivity index (χ3n) is 3.09. The molecule has 0 unspecified atom stereocenters. The monoisotopic (exact) mass is 298 g/mol. The molecule has 5 nitrogen and oxygen atoms in total. The second-order valence-corrected chi connectivity index (χ2v) is 4.71. The molecule has 0 N–H and O–H groups in total. The third-order valence-corrected chi connectivity index (χ3v) is 3.09. The third kappa shape index (κ3) is 3.91. The summed E-state index contributed by atoms with van der Waals surface area (Å²) >= 11 is 0. The van der Waals surface area contributed by atoms with E-state index in [-0.39, 0.29) is 12.2 Å². The Bertz CT molecular complexity index is 720. The first-order chi connectivity index (χ1) is 10.6. The van der Waals surface area contributed by atoms with Gasteiger partial charge in [-0.05, 0) is 31.6 Å². The van der Waals surface area contributed by atoms with Gasteiger partial charge in [-0.25, -0.2) is 9.48 Å². The fourth-order valence-corrected chi connectivity index (χ4v) is 1.91. The Kier molecular flexibility index (Phi) is 5.25. The largest absolute Gasteiger partial charge is 0.464 e. The van der Waals surface area contributed by atoms with E-state index < -0.39 is 12.0 Å². The lowest BCUT2D eigenvalue weighted by Gasteiger charge is -2.12. The number of carbonyl (C=O) groups excluding carboxylic acids is 1. The summed E-state index contributed by atoms with van der Waals surface area (Å²) in [4.78, 5) is 23.6. The molecule has 1 heterocycles. The summed E-state index contributed by atoms with van der Waals surface area (Å²) in [5.41, 5.74) is 1.29. The zero-order chi connectivity index (χ0) is 15.9. The van der Waals surface area contributed by atoms with E-state index >= 15 is 0 Å².